The van der Waals surface area contributed by atoms with Crippen LogP contribution in [0.2, 0.25) is 0 Å². The van der Waals surface area contributed by atoms with Crippen molar-refractivity contribution in [2.24, 2.45) is 0 Å². The fourth-order valence-electron chi connectivity index (χ4n) is 1.40. The van der Waals surface area contributed by atoms with Crippen LogP contribution in [-0.2, 0) is 20.4 Å². The van der Waals surface area contributed by atoms with Gasteiger partial charge in [-0.15, -0.1) is 0 Å². The summed E-state index contributed by atoms with van der Waals surface area (Å²) in [7, 11) is -3.12. The van der Waals surface area contributed by atoms with Gasteiger partial charge in [0, 0.05) is 11.8 Å². The van der Waals surface area contributed by atoms with E-state index in [4.69, 9.17) is 5.11 Å². The number of carbonyl (C=O) groups excluding carboxylic acids is 1. The highest BCUT2D eigenvalue weighted by Gasteiger charge is 2.15. The summed E-state index contributed by atoms with van der Waals surface area (Å²) in [6.07, 6.45) is 1.13. The minimum absolute atomic E-state index is 0.0968. The molecule has 0 unspecified atom stereocenters. The molecule has 0 aromatic heterocycles. The van der Waals surface area contributed by atoms with Gasteiger partial charge in [-0.05, 0) is 24.6 Å². The first-order chi connectivity index (χ1) is 8.69. The van der Waals surface area contributed by atoms with Crippen LogP contribution >= 0.6 is 0 Å². The van der Waals surface area contributed by atoms with E-state index in [0.717, 1.165) is 6.26 Å². The molecule has 0 aliphatic heterocycles. The number of hydrogen-bond acceptors (Lipinski definition) is 4. The smallest absolute Gasteiger partial charge is 0.325 e. The van der Waals surface area contributed by atoms with E-state index < -0.39 is 27.8 Å². The molecular formula is C12H15NO5S. The lowest BCUT2D eigenvalue weighted by molar-refractivity contribution is -0.138. The normalized spacial score (nSPS) is 12.7. The maximum absolute atomic E-state index is 11.7. The van der Waals surface area contributed by atoms with Gasteiger partial charge < -0.3 is 10.4 Å². The van der Waals surface area contributed by atoms with Crippen molar-refractivity contribution in [1.29, 1.82) is 0 Å². The van der Waals surface area contributed by atoms with E-state index >= 15 is 0 Å². The number of carboxylic acid groups (broad SMARTS) is 1. The van der Waals surface area contributed by atoms with Gasteiger partial charge in [-0.25, -0.2) is 8.42 Å². The molecule has 0 bridgehead atoms. The summed E-state index contributed by atoms with van der Waals surface area (Å²) in [6.45, 7) is 1.36. The molecule has 7 heteroatoms. The minimum atomic E-state index is -3.12. The Morgan fingerprint density at radius 1 is 1.26 bits per heavy atom. The van der Waals surface area contributed by atoms with Crippen LogP contribution in [0.5, 0.6) is 0 Å². The standard InChI is InChI=1S/C12H15NO5S/c1-8(12(15)16)13-11(14)10-5-3-9(4-6-10)7-19(2,17)18/h3-6,8H,7H2,1-2H3,(H,13,14)(H,15,16)/t8-/m1/s1. The molecule has 0 aliphatic rings. The van der Waals surface area contributed by atoms with Crippen LogP contribution in [0.1, 0.15) is 22.8 Å². The average Bonchev–Trinajstić information content (AvgIpc) is 2.27. The molecule has 0 heterocycles. The molecule has 0 aliphatic carbocycles. The van der Waals surface area contributed by atoms with Crippen molar-refractivity contribution in [2.45, 2.75) is 18.7 Å². The molecule has 104 valence electrons. The lowest BCUT2D eigenvalue weighted by Crippen LogP contribution is -2.38. The second-order valence-corrected chi connectivity index (χ2v) is 6.44. The van der Waals surface area contributed by atoms with Gasteiger partial charge in [0.15, 0.2) is 9.84 Å². The Labute approximate surface area is 111 Å². The van der Waals surface area contributed by atoms with Crippen LogP contribution in [0.3, 0.4) is 0 Å². The lowest BCUT2D eigenvalue weighted by Gasteiger charge is -2.09. The largest absolute Gasteiger partial charge is 0.480 e. The molecule has 1 aromatic carbocycles. The molecule has 0 saturated carbocycles. The summed E-state index contributed by atoms with van der Waals surface area (Å²) in [4.78, 5) is 22.3. The van der Waals surface area contributed by atoms with E-state index in [1.807, 2.05) is 0 Å². The van der Waals surface area contributed by atoms with E-state index in [2.05, 4.69) is 5.32 Å². The Hall–Kier alpha value is -1.89. The van der Waals surface area contributed by atoms with E-state index in [0.29, 0.717) is 5.56 Å². The summed E-state index contributed by atoms with van der Waals surface area (Å²) < 4.78 is 22.2. The summed E-state index contributed by atoms with van der Waals surface area (Å²) in [6, 6.07) is 5.00. The van der Waals surface area contributed by atoms with Crippen molar-refractivity contribution in [1.82, 2.24) is 5.32 Å². The maximum Gasteiger partial charge on any atom is 0.325 e. The number of amides is 1. The van der Waals surface area contributed by atoms with Crippen molar-refractivity contribution in [3.05, 3.63) is 35.4 Å². The van der Waals surface area contributed by atoms with E-state index in [-0.39, 0.29) is 11.3 Å². The molecule has 19 heavy (non-hydrogen) atoms. The van der Waals surface area contributed by atoms with Gasteiger partial charge in [-0.2, -0.15) is 0 Å². The fraction of sp³-hybridized carbons (Fsp3) is 0.333. The number of carboxylic acids is 1. The van der Waals surface area contributed by atoms with Gasteiger partial charge in [-0.1, -0.05) is 12.1 Å². The lowest BCUT2D eigenvalue weighted by atomic mass is 10.1. The highest BCUT2D eigenvalue weighted by molar-refractivity contribution is 7.89. The number of nitrogens with one attached hydrogen (secondary N) is 1. The van der Waals surface area contributed by atoms with E-state index in [1.54, 1.807) is 0 Å². The Morgan fingerprint density at radius 3 is 2.21 bits per heavy atom. The van der Waals surface area contributed by atoms with Crippen molar-refractivity contribution in [3.8, 4) is 0 Å². The summed E-state index contributed by atoms with van der Waals surface area (Å²) >= 11 is 0. The third kappa shape index (κ3) is 5.09. The van der Waals surface area contributed by atoms with Crippen LogP contribution in [0.25, 0.3) is 0 Å². The first kappa shape index (κ1) is 15.2. The van der Waals surface area contributed by atoms with Gasteiger partial charge in [0.25, 0.3) is 5.91 Å². The van der Waals surface area contributed by atoms with Crippen molar-refractivity contribution in [2.75, 3.05) is 6.26 Å². The molecule has 1 amide bonds. The quantitative estimate of drug-likeness (QED) is 0.817. The molecule has 6 nitrogen and oxygen atoms in total. The van der Waals surface area contributed by atoms with Gasteiger partial charge in [-0.3, -0.25) is 9.59 Å². The van der Waals surface area contributed by atoms with Crippen molar-refractivity contribution < 1.29 is 23.1 Å². The molecule has 0 spiro atoms. The zero-order valence-corrected chi connectivity index (χ0v) is 11.4. The Kier molecular flexibility index (Phi) is 4.66. The second-order valence-electron chi connectivity index (χ2n) is 4.30. The van der Waals surface area contributed by atoms with Crippen molar-refractivity contribution in [3.63, 3.8) is 0 Å². The average molecular weight is 285 g/mol. The molecule has 1 rings (SSSR count). The highest BCUT2D eigenvalue weighted by Crippen LogP contribution is 2.08. The summed E-state index contributed by atoms with van der Waals surface area (Å²) in [5.74, 6) is -1.73. The van der Waals surface area contributed by atoms with Gasteiger partial charge >= 0.3 is 5.97 Å². The van der Waals surface area contributed by atoms with Gasteiger partial charge in [0.2, 0.25) is 0 Å². The molecule has 1 aromatic rings. The number of benzene rings is 1. The number of aliphatic carboxylic acids is 1. The predicted octanol–water partition coefficient (Wildman–Crippen LogP) is 0.434. The van der Waals surface area contributed by atoms with Gasteiger partial charge in [0.05, 0.1) is 5.75 Å². The topological polar surface area (TPSA) is 101 Å². The number of carbonyl (C=O) groups is 2. The molecular weight excluding hydrogens is 270 g/mol. The van der Waals surface area contributed by atoms with Crippen LogP contribution in [0.4, 0.5) is 0 Å². The summed E-state index contributed by atoms with van der Waals surface area (Å²) in [5.41, 5.74) is 0.857. The molecule has 0 radical (unpaired) electrons. The van der Waals surface area contributed by atoms with E-state index in [1.165, 1.54) is 31.2 Å². The third-order valence-corrected chi connectivity index (χ3v) is 3.22. The number of rotatable bonds is 5. The minimum Gasteiger partial charge on any atom is -0.480 e. The Morgan fingerprint density at radius 2 is 1.79 bits per heavy atom. The Bertz CT molecular complexity index is 577. The first-order valence-electron chi connectivity index (χ1n) is 5.49. The number of sulfone groups is 1. The predicted molar refractivity (Wildman–Crippen MR) is 69.6 cm³/mol. The molecule has 0 fully saturated rings. The van der Waals surface area contributed by atoms with Crippen LogP contribution in [0, 0.1) is 0 Å². The third-order valence-electron chi connectivity index (χ3n) is 2.36. The van der Waals surface area contributed by atoms with Crippen molar-refractivity contribution >= 4 is 21.7 Å². The fourth-order valence-corrected chi connectivity index (χ4v) is 2.19. The summed E-state index contributed by atoms with van der Waals surface area (Å²) in [5, 5.41) is 11.0. The number of hydrogen-bond donors (Lipinski definition) is 2. The second kappa shape index (κ2) is 5.83. The van der Waals surface area contributed by atoms with E-state index in [9.17, 15) is 18.0 Å². The van der Waals surface area contributed by atoms with Crippen LogP contribution < -0.4 is 5.32 Å². The Balaban J connectivity index is 2.76. The van der Waals surface area contributed by atoms with Crippen LogP contribution in [-0.4, -0.2) is 37.7 Å². The maximum atomic E-state index is 11.7. The zero-order chi connectivity index (χ0) is 14.6. The first-order valence-corrected chi connectivity index (χ1v) is 7.55. The van der Waals surface area contributed by atoms with Gasteiger partial charge in [0.1, 0.15) is 6.04 Å². The monoisotopic (exact) mass is 285 g/mol. The SMILES string of the molecule is C[C@@H](NC(=O)c1ccc(CS(C)(=O)=O)cc1)C(=O)O. The molecule has 1 atom stereocenters. The molecule has 0 saturated heterocycles. The van der Waals surface area contributed by atoms with Crippen LogP contribution in [0.15, 0.2) is 24.3 Å². The zero-order valence-electron chi connectivity index (χ0n) is 10.6. The molecule has 2 N–H and O–H groups in total. The highest BCUT2D eigenvalue weighted by atomic mass is 32.2.